The first kappa shape index (κ1) is 28.5. The van der Waals surface area contributed by atoms with E-state index in [1.807, 2.05) is 0 Å². The summed E-state index contributed by atoms with van der Waals surface area (Å²) in [4.78, 5) is 46.4. The number of ether oxygens (including phenoxy) is 1. The van der Waals surface area contributed by atoms with Gasteiger partial charge < -0.3 is 19.6 Å². The summed E-state index contributed by atoms with van der Waals surface area (Å²) in [5.41, 5.74) is -1.06. The first-order valence-electron chi connectivity index (χ1n) is 14.3. The molecule has 0 aliphatic carbocycles. The number of benzene rings is 2. The van der Waals surface area contributed by atoms with Crippen LogP contribution in [0.15, 0.2) is 59.0 Å². The highest BCUT2D eigenvalue weighted by molar-refractivity contribution is 7.89. The molecule has 0 saturated carbocycles. The lowest BCUT2D eigenvalue weighted by atomic mass is 9.82. The molecule has 4 heterocycles. The number of ketones is 1. The number of sulfonamides is 1. The minimum atomic E-state index is -3.72. The van der Waals surface area contributed by atoms with Gasteiger partial charge in [0.15, 0.2) is 5.54 Å². The quantitative estimate of drug-likeness (QED) is 0.305. The van der Waals surface area contributed by atoms with Crippen LogP contribution >= 0.6 is 0 Å². The number of carbonyl (C=O) groups excluding carboxylic acids is 3. The number of morpholine rings is 1. The highest BCUT2D eigenvalue weighted by Gasteiger charge is 2.66. The number of amides is 2. The molecular weight excluding hydrogens is 560 g/mol. The van der Waals surface area contributed by atoms with Crippen molar-refractivity contribution in [2.24, 2.45) is 0 Å². The monoisotopic (exact) mass is 594 g/mol. The SMILES string of the molecule is CN1C(=O)C2(/C(=C(\O)c3ccc(S(=O)(=O)N4CCCCC4)cc3)C(=O)C(=O)N2CCN2CCOCC2)c2ccccc21. The van der Waals surface area contributed by atoms with Gasteiger partial charge in [0.05, 0.1) is 23.7 Å². The van der Waals surface area contributed by atoms with Gasteiger partial charge in [-0.3, -0.25) is 19.3 Å². The van der Waals surface area contributed by atoms with Gasteiger partial charge in [-0.2, -0.15) is 4.31 Å². The molecule has 6 rings (SSSR count). The minimum absolute atomic E-state index is 0.0728. The molecule has 0 radical (unpaired) electrons. The molecule has 11 nitrogen and oxygen atoms in total. The predicted octanol–water partition coefficient (Wildman–Crippen LogP) is 1.75. The molecule has 0 aromatic heterocycles. The predicted molar refractivity (Wildman–Crippen MR) is 154 cm³/mol. The number of hydrogen-bond acceptors (Lipinski definition) is 8. The van der Waals surface area contributed by atoms with Gasteiger partial charge in [0, 0.05) is 63.1 Å². The van der Waals surface area contributed by atoms with Gasteiger partial charge in [0.1, 0.15) is 5.76 Å². The number of rotatable bonds is 6. The fourth-order valence-corrected chi connectivity index (χ4v) is 8.04. The fraction of sp³-hybridized carbons (Fsp3) is 0.433. The molecule has 1 spiro atoms. The zero-order chi connectivity index (χ0) is 29.6. The Morgan fingerprint density at radius 3 is 2.26 bits per heavy atom. The van der Waals surface area contributed by atoms with E-state index >= 15 is 0 Å². The van der Waals surface area contributed by atoms with Crippen LogP contribution in [0.4, 0.5) is 5.69 Å². The van der Waals surface area contributed by atoms with Crippen LogP contribution < -0.4 is 4.90 Å². The van der Waals surface area contributed by atoms with Gasteiger partial charge in [-0.25, -0.2) is 8.42 Å². The molecule has 1 atom stereocenters. The molecule has 2 amide bonds. The summed E-state index contributed by atoms with van der Waals surface area (Å²) in [6, 6.07) is 12.5. The van der Waals surface area contributed by atoms with Crippen molar-refractivity contribution in [2.45, 2.75) is 29.7 Å². The Labute approximate surface area is 245 Å². The van der Waals surface area contributed by atoms with Crippen molar-refractivity contribution in [2.75, 3.05) is 64.4 Å². The lowest BCUT2D eigenvalue weighted by Gasteiger charge is -2.36. The third-order valence-electron chi connectivity index (χ3n) is 8.76. The molecular formula is C30H34N4O7S. The average Bonchev–Trinajstić information content (AvgIpc) is 3.38. The number of aliphatic hydroxyl groups is 1. The summed E-state index contributed by atoms with van der Waals surface area (Å²) in [6.07, 6.45) is 2.59. The van der Waals surface area contributed by atoms with E-state index in [1.54, 1.807) is 31.3 Å². The molecule has 2 aromatic rings. The zero-order valence-corrected chi connectivity index (χ0v) is 24.3. The second-order valence-corrected chi connectivity index (χ2v) is 13.0. The van der Waals surface area contributed by atoms with Gasteiger partial charge in [0.2, 0.25) is 10.0 Å². The molecule has 4 aliphatic rings. The summed E-state index contributed by atoms with van der Waals surface area (Å²) in [6.45, 7) is 3.84. The number of carbonyl (C=O) groups is 3. The Bertz CT molecular complexity index is 1560. The fourth-order valence-electron chi connectivity index (χ4n) is 6.52. The second kappa shape index (κ2) is 10.9. The number of fused-ring (bicyclic) bond motifs is 2. The third-order valence-corrected chi connectivity index (χ3v) is 10.7. The number of anilines is 1. The maximum Gasteiger partial charge on any atom is 0.296 e. The summed E-state index contributed by atoms with van der Waals surface area (Å²) in [5.74, 6) is -2.87. The molecule has 42 heavy (non-hydrogen) atoms. The first-order chi connectivity index (χ1) is 20.2. The summed E-state index contributed by atoms with van der Waals surface area (Å²) < 4.78 is 33.2. The second-order valence-electron chi connectivity index (χ2n) is 11.0. The first-order valence-corrected chi connectivity index (χ1v) is 15.7. The van der Waals surface area contributed by atoms with Crippen LogP contribution in [-0.4, -0.2) is 105 Å². The number of para-hydroxylation sites is 1. The van der Waals surface area contributed by atoms with E-state index in [2.05, 4.69) is 4.90 Å². The standard InChI is InChI=1S/C30H34N4O7S/c1-31-24-8-4-3-7-23(24)30(29(31)38)25(27(36)28(37)34(30)16-15-32-17-19-41-20-18-32)26(35)21-9-11-22(12-10-21)42(39,40)33-13-5-2-6-14-33/h3-4,7-12,35H,2,5-6,13-20H2,1H3/b26-25-. The van der Waals surface area contributed by atoms with E-state index < -0.39 is 38.9 Å². The van der Waals surface area contributed by atoms with Crippen molar-refractivity contribution < 1.29 is 32.6 Å². The van der Waals surface area contributed by atoms with E-state index in [-0.39, 0.29) is 22.6 Å². The molecule has 3 saturated heterocycles. The van der Waals surface area contributed by atoms with Crippen LogP contribution in [0.25, 0.3) is 5.76 Å². The van der Waals surface area contributed by atoms with E-state index in [4.69, 9.17) is 4.74 Å². The smallest absolute Gasteiger partial charge is 0.296 e. The van der Waals surface area contributed by atoms with E-state index in [0.29, 0.717) is 57.2 Å². The largest absolute Gasteiger partial charge is 0.507 e. The van der Waals surface area contributed by atoms with Gasteiger partial charge in [0.25, 0.3) is 17.6 Å². The topological polar surface area (TPSA) is 128 Å². The third kappa shape index (κ3) is 4.36. The van der Waals surface area contributed by atoms with Crippen molar-refractivity contribution >= 4 is 39.1 Å². The number of likely N-dealkylation sites (N-methyl/N-ethyl adjacent to an activating group) is 1. The molecule has 0 bridgehead atoms. The van der Waals surface area contributed by atoms with Gasteiger partial charge in [-0.1, -0.05) is 24.6 Å². The zero-order valence-electron chi connectivity index (χ0n) is 23.5. The molecule has 4 aliphatic heterocycles. The van der Waals surface area contributed by atoms with Crippen LogP contribution in [0, 0.1) is 0 Å². The van der Waals surface area contributed by atoms with E-state index in [0.717, 1.165) is 19.3 Å². The Balaban J connectivity index is 1.44. The van der Waals surface area contributed by atoms with Crippen molar-refractivity contribution in [3.63, 3.8) is 0 Å². The lowest BCUT2D eigenvalue weighted by molar-refractivity contribution is -0.144. The van der Waals surface area contributed by atoms with Crippen LogP contribution in [-0.2, 0) is 34.7 Å². The molecule has 1 unspecified atom stereocenters. The Hall–Kier alpha value is -3.58. The number of piperidine rings is 1. The Morgan fingerprint density at radius 2 is 1.57 bits per heavy atom. The number of likely N-dealkylation sites (tertiary alicyclic amines) is 1. The highest BCUT2D eigenvalue weighted by Crippen LogP contribution is 2.53. The molecule has 3 fully saturated rings. The number of aliphatic hydroxyl groups excluding tert-OH is 1. The van der Waals surface area contributed by atoms with Gasteiger partial charge in [-0.15, -0.1) is 0 Å². The van der Waals surface area contributed by atoms with Crippen molar-refractivity contribution in [3.8, 4) is 0 Å². The molecule has 12 heteroatoms. The molecule has 1 N–H and O–H groups in total. The Morgan fingerprint density at radius 1 is 0.905 bits per heavy atom. The van der Waals surface area contributed by atoms with Crippen molar-refractivity contribution in [1.82, 2.24) is 14.1 Å². The normalized spacial score (nSPS) is 25.0. The summed E-state index contributed by atoms with van der Waals surface area (Å²) in [5, 5.41) is 11.7. The van der Waals surface area contributed by atoms with Crippen molar-refractivity contribution in [3.05, 3.63) is 65.2 Å². The van der Waals surface area contributed by atoms with Gasteiger partial charge >= 0.3 is 0 Å². The Kier molecular flexibility index (Phi) is 7.42. The molecule has 2 aromatic carbocycles. The maximum atomic E-state index is 14.2. The van der Waals surface area contributed by atoms with Crippen LogP contribution in [0.5, 0.6) is 0 Å². The average molecular weight is 595 g/mol. The molecule has 222 valence electrons. The van der Waals surface area contributed by atoms with E-state index in [9.17, 15) is 27.9 Å². The van der Waals surface area contributed by atoms with Crippen LogP contribution in [0.3, 0.4) is 0 Å². The number of hydrogen-bond donors (Lipinski definition) is 1. The van der Waals surface area contributed by atoms with Crippen LogP contribution in [0.1, 0.15) is 30.4 Å². The highest BCUT2D eigenvalue weighted by atomic mass is 32.2. The number of nitrogens with zero attached hydrogens (tertiary/aromatic N) is 4. The van der Waals surface area contributed by atoms with Crippen molar-refractivity contribution in [1.29, 1.82) is 0 Å². The maximum absolute atomic E-state index is 14.2. The lowest BCUT2D eigenvalue weighted by Crippen LogP contribution is -2.53. The van der Waals surface area contributed by atoms with E-state index in [1.165, 1.54) is 38.4 Å². The van der Waals surface area contributed by atoms with Gasteiger partial charge in [-0.05, 0) is 43.2 Å². The number of Topliss-reactive ketones (excluding diaryl/α,β-unsaturated/α-hetero) is 1. The minimum Gasteiger partial charge on any atom is -0.507 e. The summed E-state index contributed by atoms with van der Waals surface area (Å²) in [7, 11) is -2.13. The van der Waals surface area contributed by atoms with Crippen LogP contribution in [0.2, 0.25) is 0 Å². The summed E-state index contributed by atoms with van der Waals surface area (Å²) >= 11 is 0.